The molecule has 0 amide bonds. The van der Waals surface area contributed by atoms with Crippen LogP contribution in [0.5, 0.6) is 5.75 Å². The Hall–Kier alpha value is -2.36. The molecule has 0 radical (unpaired) electrons. The van der Waals surface area contributed by atoms with Crippen LogP contribution < -0.4 is 10.1 Å². The third-order valence-corrected chi connectivity index (χ3v) is 2.85. The van der Waals surface area contributed by atoms with Crippen LogP contribution in [0.25, 0.3) is 0 Å². The van der Waals surface area contributed by atoms with Gasteiger partial charge in [-0.3, -0.25) is 5.41 Å². The first kappa shape index (κ1) is 14.1. The molecule has 1 aromatic heterocycles. The fourth-order valence-corrected chi connectivity index (χ4v) is 1.98. The first-order valence-corrected chi connectivity index (χ1v) is 6.77. The van der Waals surface area contributed by atoms with Gasteiger partial charge in [0.2, 0.25) is 0 Å². The molecule has 2 aromatic rings. The van der Waals surface area contributed by atoms with Gasteiger partial charge < -0.3 is 10.1 Å². The lowest BCUT2D eigenvalue weighted by Crippen LogP contribution is -2.09. The highest BCUT2D eigenvalue weighted by molar-refractivity contribution is 6.13. The van der Waals surface area contributed by atoms with Crippen LogP contribution in [-0.2, 0) is 0 Å². The molecule has 0 aliphatic heterocycles. The van der Waals surface area contributed by atoms with Crippen molar-refractivity contribution in [3.05, 3.63) is 53.7 Å². The predicted molar refractivity (Wildman–Crippen MR) is 81.9 cm³/mol. The molecule has 20 heavy (non-hydrogen) atoms. The number of hydrogen-bond acceptors (Lipinski definition) is 4. The van der Waals surface area contributed by atoms with Crippen molar-refractivity contribution < 1.29 is 4.74 Å². The largest absolute Gasteiger partial charge is 0.494 e. The van der Waals surface area contributed by atoms with E-state index in [2.05, 4.69) is 10.3 Å². The molecule has 0 atom stereocenters. The van der Waals surface area contributed by atoms with E-state index in [9.17, 15) is 0 Å². The summed E-state index contributed by atoms with van der Waals surface area (Å²) in [6.45, 7) is 5.35. The van der Waals surface area contributed by atoms with Crippen LogP contribution in [0.3, 0.4) is 0 Å². The molecule has 2 rings (SSSR count). The molecule has 0 saturated carbocycles. The topological polar surface area (TPSA) is 58.0 Å². The number of nitrogens with zero attached hydrogens (tertiary/aromatic N) is 1. The average molecular weight is 269 g/mol. The van der Waals surface area contributed by atoms with Crippen molar-refractivity contribution in [3.8, 4) is 5.75 Å². The summed E-state index contributed by atoms with van der Waals surface area (Å²) in [6, 6.07) is 11.3. The molecule has 0 unspecified atom stereocenters. The smallest absolute Gasteiger partial charge is 0.135 e. The van der Waals surface area contributed by atoms with E-state index in [1.807, 2.05) is 50.2 Å². The molecule has 4 nitrogen and oxygen atoms in total. The number of benzene rings is 1. The summed E-state index contributed by atoms with van der Waals surface area (Å²) in [5, 5.41) is 11.6. The van der Waals surface area contributed by atoms with Gasteiger partial charge in [-0.15, -0.1) is 0 Å². The van der Waals surface area contributed by atoms with Crippen molar-refractivity contribution >= 4 is 11.5 Å². The Labute approximate surface area is 119 Å². The second-order valence-corrected chi connectivity index (χ2v) is 4.27. The van der Waals surface area contributed by atoms with E-state index in [-0.39, 0.29) is 0 Å². The summed E-state index contributed by atoms with van der Waals surface area (Å²) in [5.41, 5.74) is 2.06. The zero-order chi connectivity index (χ0) is 14.4. The maximum Gasteiger partial charge on any atom is 0.135 e. The molecular weight excluding hydrogens is 250 g/mol. The van der Waals surface area contributed by atoms with Gasteiger partial charge >= 0.3 is 0 Å². The lowest BCUT2D eigenvalue weighted by Gasteiger charge is -2.11. The first-order valence-electron chi connectivity index (χ1n) is 6.77. The van der Waals surface area contributed by atoms with Crippen molar-refractivity contribution in [1.82, 2.24) is 4.98 Å². The van der Waals surface area contributed by atoms with Crippen LogP contribution in [0.1, 0.15) is 25.0 Å². The number of hydrogen-bond donors (Lipinski definition) is 2. The van der Waals surface area contributed by atoms with E-state index in [1.54, 1.807) is 6.20 Å². The standard InChI is InChI=1S/C16H19N3O/c1-3-18-16-14(9-6-10-19-16)15(17)12-7-5-8-13(11-12)20-4-2/h5-11,17H,3-4H2,1-2H3,(H,18,19). The van der Waals surface area contributed by atoms with E-state index in [1.165, 1.54) is 0 Å². The van der Waals surface area contributed by atoms with Crippen molar-refractivity contribution in [2.75, 3.05) is 18.5 Å². The molecule has 0 saturated heterocycles. The number of anilines is 1. The molecule has 1 aromatic carbocycles. The second kappa shape index (κ2) is 6.70. The van der Waals surface area contributed by atoms with E-state index < -0.39 is 0 Å². The van der Waals surface area contributed by atoms with Crippen LogP contribution in [-0.4, -0.2) is 23.8 Å². The molecule has 2 N–H and O–H groups in total. The highest BCUT2D eigenvalue weighted by Crippen LogP contribution is 2.20. The van der Waals surface area contributed by atoms with Gasteiger partial charge in [0.05, 0.1) is 12.3 Å². The van der Waals surface area contributed by atoms with Crippen molar-refractivity contribution in [1.29, 1.82) is 5.41 Å². The quantitative estimate of drug-likeness (QED) is 0.791. The van der Waals surface area contributed by atoms with Gasteiger partial charge in [0.25, 0.3) is 0 Å². The Morgan fingerprint density at radius 1 is 1.25 bits per heavy atom. The Bertz CT molecular complexity index is 596. The summed E-state index contributed by atoms with van der Waals surface area (Å²) < 4.78 is 5.48. The highest BCUT2D eigenvalue weighted by Gasteiger charge is 2.11. The Kier molecular flexibility index (Phi) is 4.71. The van der Waals surface area contributed by atoms with Gasteiger partial charge in [-0.2, -0.15) is 0 Å². The fraction of sp³-hybridized carbons (Fsp3) is 0.250. The van der Waals surface area contributed by atoms with E-state index in [0.29, 0.717) is 12.3 Å². The average Bonchev–Trinajstić information content (AvgIpc) is 2.48. The second-order valence-electron chi connectivity index (χ2n) is 4.27. The van der Waals surface area contributed by atoms with Gasteiger partial charge in [-0.1, -0.05) is 12.1 Å². The van der Waals surface area contributed by atoms with Gasteiger partial charge in [0, 0.05) is 23.9 Å². The zero-order valence-corrected chi connectivity index (χ0v) is 11.8. The maximum absolute atomic E-state index is 8.38. The molecule has 0 aliphatic carbocycles. The van der Waals surface area contributed by atoms with Gasteiger partial charge in [-0.25, -0.2) is 4.98 Å². The third-order valence-electron chi connectivity index (χ3n) is 2.85. The van der Waals surface area contributed by atoms with Gasteiger partial charge in [-0.05, 0) is 38.1 Å². The molecule has 4 heteroatoms. The van der Waals surface area contributed by atoms with E-state index in [4.69, 9.17) is 10.1 Å². The molecule has 1 heterocycles. The van der Waals surface area contributed by atoms with E-state index >= 15 is 0 Å². The van der Waals surface area contributed by atoms with Gasteiger partial charge in [0.1, 0.15) is 11.6 Å². The normalized spacial score (nSPS) is 10.1. The first-order chi connectivity index (χ1) is 9.76. The van der Waals surface area contributed by atoms with Gasteiger partial charge in [0.15, 0.2) is 0 Å². The summed E-state index contributed by atoms with van der Waals surface area (Å²) in [4.78, 5) is 4.29. The summed E-state index contributed by atoms with van der Waals surface area (Å²) in [6.07, 6.45) is 1.73. The summed E-state index contributed by atoms with van der Waals surface area (Å²) in [5.74, 6) is 1.52. The SMILES string of the molecule is CCNc1ncccc1C(=N)c1cccc(OCC)c1. The number of aromatic nitrogens is 1. The third kappa shape index (κ3) is 3.15. The number of rotatable bonds is 6. The Balaban J connectivity index is 2.33. The molecule has 0 fully saturated rings. The molecule has 104 valence electrons. The monoisotopic (exact) mass is 269 g/mol. The molecular formula is C16H19N3O. The zero-order valence-electron chi connectivity index (χ0n) is 11.8. The minimum atomic E-state index is 0.440. The maximum atomic E-state index is 8.38. The minimum Gasteiger partial charge on any atom is -0.494 e. The predicted octanol–water partition coefficient (Wildman–Crippen LogP) is 3.33. The van der Waals surface area contributed by atoms with Crippen LogP contribution in [0.2, 0.25) is 0 Å². The van der Waals surface area contributed by atoms with Crippen molar-refractivity contribution in [2.24, 2.45) is 0 Å². The lowest BCUT2D eigenvalue weighted by molar-refractivity contribution is 0.340. The highest BCUT2D eigenvalue weighted by atomic mass is 16.5. The minimum absolute atomic E-state index is 0.440. The molecule has 0 aliphatic rings. The lowest BCUT2D eigenvalue weighted by atomic mass is 10.0. The van der Waals surface area contributed by atoms with Crippen molar-refractivity contribution in [3.63, 3.8) is 0 Å². The van der Waals surface area contributed by atoms with Crippen molar-refractivity contribution in [2.45, 2.75) is 13.8 Å². The van der Waals surface area contributed by atoms with Crippen LogP contribution in [0, 0.1) is 5.41 Å². The van der Waals surface area contributed by atoms with E-state index in [0.717, 1.165) is 29.2 Å². The van der Waals surface area contributed by atoms with Crippen LogP contribution >= 0.6 is 0 Å². The number of nitrogens with one attached hydrogen (secondary N) is 2. The molecule has 0 bridgehead atoms. The fourth-order valence-electron chi connectivity index (χ4n) is 1.98. The number of pyridine rings is 1. The Morgan fingerprint density at radius 2 is 2.10 bits per heavy atom. The number of ether oxygens (including phenoxy) is 1. The molecule has 0 spiro atoms. The van der Waals surface area contributed by atoms with Crippen LogP contribution in [0.4, 0.5) is 5.82 Å². The Morgan fingerprint density at radius 3 is 2.85 bits per heavy atom. The summed E-state index contributed by atoms with van der Waals surface area (Å²) >= 11 is 0. The van der Waals surface area contributed by atoms with Crippen LogP contribution in [0.15, 0.2) is 42.6 Å². The summed E-state index contributed by atoms with van der Waals surface area (Å²) in [7, 11) is 0.